The van der Waals surface area contributed by atoms with Gasteiger partial charge in [-0.1, -0.05) is 17.7 Å². The third-order valence-corrected chi connectivity index (χ3v) is 3.27. The first-order chi connectivity index (χ1) is 9.28. The molecule has 0 aromatic heterocycles. The largest absolute Gasteiger partial charge is 0.441 e. The Morgan fingerprint density at radius 1 is 1.30 bits per heavy atom. The van der Waals surface area contributed by atoms with Crippen molar-refractivity contribution in [3.63, 3.8) is 0 Å². The molecule has 0 aliphatic heterocycles. The van der Waals surface area contributed by atoms with Crippen molar-refractivity contribution in [2.75, 3.05) is 17.6 Å². The summed E-state index contributed by atoms with van der Waals surface area (Å²) in [5, 5.41) is 5.45. The molecule has 7 heteroatoms. The fraction of sp³-hybridized carbons (Fsp3) is 0.462. The van der Waals surface area contributed by atoms with E-state index in [4.69, 9.17) is 0 Å². The Bertz CT molecular complexity index is 434. The molecule has 0 aliphatic carbocycles. The topological polar surface area (TPSA) is 41.1 Å². The maximum Gasteiger partial charge on any atom is 0.441 e. The second-order valence-corrected chi connectivity index (χ2v) is 5.49. The normalized spacial score (nSPS) is 13.1. The molecule has 0 aliphatic rings. The van der Waals surface area contributed by atoms with Crippen LogP contribution in [0.1, 0.15) is 12.5 Å². The monoisotopic (exact) mass is 306 g/mol. The van der Waals surface area contributed by atoms with Crippen LogP contribution in [0.15, 0.2) is 24.3 Å². The lowest BCUT2D eigenvalue weighted by Crippen LogP contribution is -2.39. The molecule has 1 aromatic rings. The molecule has 0 saturated carbocycles. The summed E-state index contributed by atoms with van der Waals surface area (Å²) in [4.78, 5) is 11.8. The second kappa shape index (κ2) is 7.54. The molecule has 1 amide bonds. The second-order valence-electron chi connectivity index (χ2n) is 4.33. The smallest absolute Gasteiger partial charge is 0.325 e. The fourth-order valence-corrected chi connectivity index (χ4v) is 1.87. The first kappa shape index (κ1) is 16.8. The molecule has 0 spiro atoms. The molecule has 3 nitrogen and oxygen atoms in total. The van der Waals surface area contributed by atoms with Gasteiger partial charge >= 0.3 is 5.51 Å². The van der Waals surface area contributed by atoms with Crippen LogP contribution < -0.4 is 10.6 Å². The number of anilines is 1. The molecule has 1 aromatic carbocycles. The van der Waals surface area contributed by atoms with Gasteiger partial charge in [-0.3, -0.25) is 4.79 Å². The number of amides is 1. The van der Waals surface area contributed by atoms with Gasteiger partial charge < -0.3 is 10.6 Å². The third kappa shape index (κ3) is 6.81. The number of carbonyl (C=O) groups is 1. The predicted molar refractivity (Wildman–Crippen MR) is 75.8 cm³/mol. The van der Waals surface area contributed by atoms with Crippen molar-refractivity contribution in [3.05, 3.63) is 29.8 Å². The average molecular weight is 306 g/mol. The van der Waals surface area contributed by atoms with E-state index in [0.717, 1.165) is 5.56 Å². The minimum atomic E-state index is -4.23. The Kier molecular flexibility index (Phi) is 6.35. The van der Waals surface area contributed by atoms with Crippen molar-refractivity contribution in [2.45, 2.75) is 25.4 Å². The van der Waals surface area contributed by atoms with Crippen molar-refractivity contribution >= 4 is 23.4 Å². The Balaban J connectivity index is 2.30. The lowest BCUT2D eigenvalue weighted by molar-refractivity contribution is -0.117. The summed E-state index contributed by atoms with van der Waals surface area (Å²) < 4.78 is 35.7. The molecule has 20 heavy (non-hydrogen) atoms. The van der Waals surface area contributed by atoms with E-state index in [1.165, 1.54) is 0 Å². The SMILES string of the molecule is Cc1ccc(NC(=O)C(C)NCCSC(F)(F)F)cc1. The number of benzene rings is 1. The predicted octanol–water partition coefficient (Wildman–Crippen LogP) is 3.16. The number of aryl methyl sites for hydroxylation is 1. The van der Waals surface area contributed by atoms with Crippen LogP contribution in [0.25, 0.3) is 0 Å². The number of carbonyl (C=O) groups excluding carboxylic acids is 1. The molecule has 0 radical (unpaired) electrons. The quantitative estimate of drug-likeness (QED) is 0.793. The highest BCUT2D eigenvalue weighted by molar-refractivity contribution is 8.00. The van der Waals surface area contributed by atoms with Gasteiger partial charge in [-0.05, 0) is 37.7 Å². The van der Waals surface area contributed by atoms with E-state index in [0.29, 0.717) is 5.69 Å². The van der Waals surface area contributed by atoms with Gasteiger partial charge in [0.15, 0.2) is 0 Å². The highest BCUT2D eigenvalue weighted by Crippen LogP contribution is 2.29. The van der Waals surface area contributed by atoms with Crippen LogP contribution in [0.5, 0.6) is 0 Å². The lowest BCUT2D eigenvalue weighted by atomic mass is 10.2. The Morgan fingerprint density at radius 3 is 2.45 bits per heavy atom. The summed E-state index contributed by atoms with van der Waals surface area (Å²) >= 11 is -0.101. The summed E-state index contributed by atoms with van der Waals surface area (Å²) in [5.41, 5.74) is -2.48. The van der Waals surface area contributed by atoms with E-state index < -0.39 is 11.6 Å². The lowest BCUT2D eigenvalue weighted by Gasteiger charge is -2.14. The van der Waals surface area contributed by atoms with Gasteiger partial charge in [-0.2, -0.15) is 13.2 Å². The van der Waals surface area contributed by atoms with Crippen molar-refractivity contribution in [3.8, 4) is 0 Å². The van der Waals surface area contributed by atoms with Crippen molar-refractivity contribution in [1.29, 1.82) is 0 Å². The zero-order valence-electron chi connectivity index (χ0n) is 11.3. The standard InChI is InChI=1S/C13H17F3N2OS/c1-9-3-5-11(6-4-9)18-12(19)10(2)17-7-8-20-13(14,15)16/h3-6,10,17H,7-8H2,1-2H3,(H,18,19). The van der Waals surface area contributed by atoms with Crippen LogP contribution in [0.3, 0.4) is 0 Å². The minimum absolute atomic E-state index is 0.101. The van der Waals surface area contributed by atoms with Gasteiger partial charge in [0.1, 0.15) is 0 Å². The average Bonchev–Trinajstić information content (AvgIpc) is 2.36. The van der Waals surface area contributed by atoms with E-state index in [1.54, 1.807) is 19.1 Å². The van der Waals surface area contributed by atoms with Gasteiger partial charge in [0, 0.05) is 18.0 Å². The zero-order valence-corrected chi connectivity index (χ0v) is 12.1. The van der Waals surface area contributed by atoms with Gasteiger partial charge in [0.2, 0.25) is 5.91 Å². The maximum atomic E-state index is 11.9. The number of hydrogen-bond donors (Lipinski definition) is 2. The number of thioether (sulfide) groups is 1. The number of nitrogens with one attached hydrogen (secondary N) is 2. The highest BCUT2D eigenvalue weighted by Gasteiger charge is 2.27. The first-order valence-corrected chi connectivity index (χ1v) is 7.08. The van der Waals surface area contributed by atoms with E-state index >= 15 is 0 Å². The Labute approximate surface area is 120 Å². The van der Waals surface area contributed by atoms with Gasteiger partial charge in [-0.15, -0.1) is 0 Å². The molecule has 112 valence electrons. The van der Waals surface area contributed by atoms with Crippen molar-refractivity contribution in [2.24, 2.45) is 0 Å². The van der Waals surface area contributed by atoms with Gasteiger partial charge in [0.25, 0.3) is 0 Å². The van der Waals surface area contributed by atoms with Crippen LogP contribution in [0, 0.1) is 6.92 Å². The van der Waals surface area contributed by atoms with Crippen LogP contribution >= 0.6 is 11.8 Å². The van der Waals surface area contributed by atoms with Crippen LogP contribution in [-0.2, 0) is 4.79 Å². The van der Waals surface area contributed by atoms with Crippen LogP contribution in [0.4, 0.5) is 18.9 Å². The fourth-order valence-electron chi connectivity index (χ4n) is 1.42. The summed E-state index contributed by atoms with van der Waals surface area (Å²) in [7, 11) is 0. The van der Waals surface area contributed by atoms with Crippen molar-refractivity contribution in [1.82, 2.24) is 5.32 Å². The van der Waals surface area contributed by atoms with E-state index in [9.17, 15) is 18.0 Å². The Morgan fingerprint density at radius 2 is 1.90 bits per heavy atom. The van der Waals surface area contributed by atoms with Crippen molar-refractivity contribution < 1.29 is 18.0 Å². The van der Waals surface area contributed by atoms with Gasteiger partial charge in [0.05, 0.1) is 6.04 Å². The summed E-state index contributed by atoms with van der Waals surface area (Å²) in [6, 6.07) is 6.74. The Hall–Kier alpha value is -1.21. The van der Waals surface area contributed by atoms with Gasteiger partial charge in [-0.25, -0.2) is 0 Å². The zero-order chi connectivity index (χ0) is 15.2. The van der Waals surface area contributed by atoms with E-state index in [-0.39, 0.29) is 30.0 Å². The summed E-state index contributed by atoms with van der Waals surface area (Å²) in [6.45, 7) is 3.67. The van der Waals surface area contributed by atoms with Crippen LogP contribution in [-0.4, -0.2) is 29.8 Å². The molecule has 1 atom stereocenters. The number of alkyl halides is 3. The molecule has 0 bridgehead atoms. The molecule has 0 fully saturated rings. The number of halogens is 3. The van der Waals surface area contributed by atoms with Crippen LogP contribution in [0.2, 0.25) is 0 Å². The van der Waals surface area contributed by atoms with E-state index in [2.05, 4.69) is 10.6 Å². The molecule has 0 saturated heterocycles. The number of rotatable bonds is 6. The third-order valence-electron chi connectivity index (χ3n) is 2.53. The number of hydrogen-bond acceptors (Lipinski definition) is 3. The van der Waals surface area contributed by atoms with E-state index in [1.807, 2.05) is 19.1 Å². The molecular weight excluding hydrogens is 289 g/mol. The molecule has 2 N–H and O–H groups in total. The highest BCUT2D eigenvalue weighted by atomic mass is 32.2. The summed E-state index contributed by atoms with van der Waals surface area (Å²) in [6.07, 6.45) is 0. The maximum absolute atomic E-state index is 11.9. The molecule has 1 unspecified atom stereocenters. The minimum Gasteiger partial charge on any atom is -0.325 e. The molecule has 1 rings (SSSR count). The summed E-state index contributed by atoms with van der Waals surface area (Å²) in [5.74, 6) is -0.392. The first-order valence-electron chi connectivity index (χ1n) is 6.09. The molecule has 0 heterocycles. The molecular formula is C13H17F3N2OS.